The van der Waals surface area contributed by atoms with E-state index in [0.717, 1.165) is 13.7 Å². The van der Waals surface area contributed by atoms with Crippen LogP contribution in [0.25, 0.3) is 0 Å². The van der Waals surface area contributed by atoms with Crippen LogP contribution in [-0.2, 0) is 19.6 Å². The van der Waals surface area contributed by atoms with Crippen molar-refractivity contribution in [3.63, 3.8) is 0 Å². The number of aliphatic hydroxyl groups is 1. The SMILES string of the molecule is COOS(=O)(=O)[O-].C[NH2+]CCO. The Hall–Kier alpha value is -0.250. The van der Waals surface area contributed by atoms with Crippen molar-refractivity contribution in [3.05, 3.63) is 0 Å². The molecule has 0 saturated heterocycles. The van der Waals surface area contributed by atoms with E-state index in [1.807, 2.05) is 12.4 Å². The second-order valence-electron chi connectivity index (χ2n) is 1.56. The molecule has 0 bridgehead atoms. The molecule has 0 rings (SSSR count). The molecule has 0 fully saturated rings. The first kappa shape index (κ1) is 14.3. The van der Waals surface area contributed by atoms with Crippen LogP contribution in [0.5, 0.6) is 0 Å². The van der Waals surface area contributed by atoms with Crippen LogP contribution in [-0.4, -0.2) is 45.4 Å². The molecule has 76 valence electrons. The molecule has 7 nitrogen and oxygen atoms in total. The zero-order valence-electron chi connectivity index (χ0n) is 6.89. The van der Waals surface area contributed by atoms with Gasteiger partial charge in [-0.05, 0) is 0 Å². The number of hydrogen-bond donors (Lipinski definition) is 2. The number of aliphatic hydroxyl groups excluding tert-OH is 1. The Bertz CT molecular complexity index is 164. The monoisotopic (exact) mass is 203 g/mol. The Morgan fingerprint density at radius 1 is 1.58 bits per heavy atom. The van der Waals surface area contributed by atoms with Crippen LogP contribution < -0.4 is 5.32 Å². The van der Waals surface area contributed by atoms with Crippen molar-refractivity contribution < 1.29 is 32.6 Å². The summed E-state index contributed by atoms with van der Waals surface area (Å²) < 4.78 is 31.1. The van der Waals surface area contributed by atoms with E-state index < -0.39 is 10.4 Å². The zero-order valence-corrected chi connectivity index (χ0v) is 7.70. The van der Waals surface area contributed by atoms with Crippen LogP contribution in [0, 0.1) is 0 Å². The molecule has 0 unspecified atom stereocenters. The maximum Gasteiger partial charge on any atom is 0.245 e. The molecule has 0 saturated carbocycles. The molecule has 3 N–H and O–H groups in total. The van der Waals surface area contributed by atoms with Gasteiger partial charge in [0.05, 0.1) is 27.3 Å². The Morgan fingerprint density at radius 3 is 2.08 bits per heavy atom. The normalized spacial score (nSPS) is 10.3. The first-order valence-corrected chi connectivity index (χ1v) is 4.38. The minimum Gasteiger partial charge on any atom is -0.724 e. The fourth-order valence-corrected chi connectivity index (χ4v) is 0.379. The molecule has 0 radical (unpaired) electrons. The third-order valence-corrected chi connectivity index (χ3v) is 0.872. The van der Waals surface area contributed by atoms with E-state index in [9.17, 15) is 13.0 Å². The lowest BCUT2D eigenvalue weighted by Crippen LogP contribution is -2.80. The highest BCUT2D eigenvalue weighted by atomic mass is 32.3. The van der Waals surface area contributed by atoms with Crippen molar-refractivity contribution >= 4 is 10.4 Å². The number of hydrogen-bond acceptors (Lipinski definition) is 6. The van der Waals surface area contributed by atoms with Crippen LogP contribution in [0.4, 0.5) is 0 Å². The third kappa shape index (κ3) is 22.6. The number of nitrogens with two attached hydrogens (primary N) is 1. The van der Waals surface area contributed by atoms with Crippen LogP contribution in [0.3, 0.4) is 0 Å². The van der Waals surface area contributed by atoms with Crippen LogP contribution in [0.2, 0.25) is 0 Å². The maximum atomic E-state index is 9.33. The lowest BCUT2D eigenvalue weighted by Gasteiger charge is -2.00. The molecule has 0 aromatic carbocycles. The van der Waals surface area contributed by atoms with Crippen molar-refractivity contribution in [2.24, 2.45) is 0 Å². The van der Waals surface area contributed by atoms with Gasteiger partial charge in [0.15, 0.2) is 0 Å². The first-order chi connectivity index (χ1) is 5.47. The quantitative estimate of drug-likeness (QED) is 0.221. The summed E-state index contributed by atoms with van der Waals surface area (Å²) in [6.45, 7) is 1.11. The molecule has 0 aliphatic carbocycles. The smallest absolute Gasteiger partial charge is 0.245 e. The second kappa shape index (κ2) is 8.84. The number of likely N-dealkylation sites (N-methyl/N-ethyl adjacent to an activating group) is 1. The van der Waals surface area contributed by atoms with Crippen LogP contribution in [0.15, 0.2) is 0 Å². The van der Waals surface area contributed by atoms with E-state index in [2.05, 4.69) is 9.22 Å². The average Bonchev–Trinajstić information content (AvgIpc) is 1.87. The molecular formula is C4H13NO6S. The standard InChI is InChI=1S/C3H9NO.CH4O5S/c1-4-2-3-5;1-5-6-7(2,3)4/h4-5H,2-3H2,1H3;1H3,(H,2,3,4). The van der Waals surface area contributed by atoms with Gasteiger partial charge in [-0.3, -0.25) is 0 Å². The van der Waals surface area contributed by atoms with E-state index in [0.29, 0.717) is 0 Å². The fraction of sp³-hybridized carbons (Fsp3) is 1.00. The molecule has 0 aromatic heterocycles. The predicted octanol–water partition coefficient (Wildman–Crippen LogP) is -2.80. The Kier molecular flexibility index (Phi) is 10.5. The Balaban J connectivity index is 0. The summed E-state index contributed by atoms with van der Waals surface area (Å²) in [6.07, 6.45) is 0. The molecule has 0 aliphatic heterocycles. The largest absolute Gasteiger partial charge is 0.724 e. The van der Waals surface area contributed by atoms with Gasteiger partial charge in [-0.15, -0.1) is 4.33 Å². The van der Waals surface area contributed by atoms with Gasteiger partial charge in [0, 0.05) is 0 Å². The summed E-state index contributed by atoms with van der Waals surface area (Å²) >= 11 is 0. The molecule has 0 aliphatic rings. The van der Waals surface area contributed by atoms with Crippen molar-refractivity contribution in [1.29, 1.82) is 0 Å². The molecule has 0 spiro atoms. The highest BCUT2D eigenvalue weighted by Gasteiger charge is 1.87. The van der Waals surface area contributed by atoms with Gasteiger partial charge in [0.2, 0.25) is 10.4 Å². The van der Waals surface area contributed by atoms with Gasteiger partial charge >= 0.3 is 0 Å². The molecular weight excluding hydrogens is 190 g/mol. The molecule has 0 amide bonds. The van der Waals surface area contributed by atoms with E-state index >= 15 is 0 Å². The topological polar surface area (TPSA) is 112 Å². The minimum atomic E-state index is -4.65. The highest BCUT2D eigenvalue weighted by Crippen LogP contribution is 1.81. The van der Waals surface area contributed by atoms with Crippen molar-refractivity contribution in [2.75, 3.05) is 27.3 Å². The Labute approximate surface area is 71.2 Å². The zero-order chi connectivity index (χ0) is 10.0. The second-order valence-corrected chi connectivity index (χ2v) is 2.52. The molecule has 0 atom stereocenters. The van der Waals surface area contributed by atoms with E-state index in [1.54, 1.807) is 0 Å². The molecule has 0 heterocycles. The van der Waals surface area contributed by atoms with Crippen LogP contribution >= 0.6 is 0 Å². The predicted molar refractivity (Wildman–Crippen MR) is 37.6 cm³/mol. The molecule has 0 aromatic rings. The van der Waals surface area contributed by atoms with E-state index in [4.69, 9.17) is 5.11 Å². The number of rotatable bonds is 4. The molecule has 12 heavy (non-hydrogen) atoms. The summed E-state index contributed by atoms with van der Waals surface area (Å²) in [5.41, 5.74) is 0. The van der Waals surface area contributed by atoms with Gasteiger partial charge in [0.25, 0.3) is 0 Å². The van der Waals surface area contributed by atoms with Crippen molar-refractivity contribution in [3.8, 4) is 0 Å². The summed E-state index contributed by atoms with van der Waals surface area (Å²) in [5, 5.41) is 9.97. The van der Waals surface area contributed by atoms with E-state index in [1.165, 1.54) is 0 Å². The van der Waals surface area contributed by atoms with Crippen LogP contribution in [0.1, 0.15) is 0 Å². The Morgan fingerprint density at radius 2 is 2.08 bits per heavy atom. The lowest BCUT2D eigenvalue weighted by atomic mass is 10.7. The summed E-state index contributed by atoms with van der Waals surface area (Å²) in [4.78, 5) is 3.51. The summed E-state index contributed by atoms with van der Waals surface area (Å²) in [5.74, 6) is 0. The lowest BCUT2D eigenvalue weighted by molar-refractivity contribution is -0.628. The van der Waals surface area contributed by atoms with E-state index in [-0.39, 0.29) is 6.61 Å². The average molecular weight is 203 g/mol. The van der Waals surface area contributed by atoms with Gasteiger partial charge < -0.3 is 15.0 Å². The van der Waals surface area contributed by atoms with Crippen molar-refractivity contribution in [2.45, 2.75) is 0 Å². The summed E-state index contributed by atoms with van der Waals surface area (Å²) in [6, 6.07) is 0. The van der Waals surface area contributed by atoms with Gasteiger partial charge in [-0.2, -0.15) is 0 Å². The fourth-order valence-electron chi connectivity index (χ4n) is 0.212. The maximum absolute atomic E-state index is 9.33. The van der Waals surface area contributed by atoms with Crippen molar-refractivity contribution in [1.82, 2.24) is 0 Å². The highest BCUT2D eigenvalue weighted by molar-refractivity contribution is 7.80. The van der Waals surface area contributed by atoms with Gasteiger partial charge in [-0.1, -0.05) is 0 Å². The van der Waals surface area contributed by atoms with Gasteiger partial charge in [0.1, 0.15) is 0 Å². The first-order valence-electron chi connectivity index (χ1n) is 3.04. The summed E-state index contributed by atoms with van der Waals surface area (Å²) in [7, 11) is -1.79. The van der Waals surface area contributed by atoms with Gasteiger partial charge in [-0.25, -0.2) is 13.3 Å². The number of quaternary nitrogens is 1. The minimum absolute atomic E-state index is 0.288. The third-order valence-electron chi connectivity index (χ3n) is 0.569. The molecule has 8 heteroatoms.